The van der Waals surface area contributed by atoms with Crippen LogP contribution in [0.15, 0.2) is 59.0 Å². The largest absolute Gasteiger partial charge is 0.443 e. The number of benzene rings is 2. The zero-order chi connectivity index (χ0) is 22.0. The normalized spacial score (nSPS) is 16.6. The van der Waals surface area contributed by atoms with Crippen molar-refractivity contribution in [3.63, 3.8) is 0 Å². The fraction of sp³-hybridized carbons (Fsp3) is 0.308. The van der Waals surface area contributed by atoms with E-state index >= 15 is 0 Å². The number of nitrogens with zero attached hydrogens (tertiary/aromatic N) is 1. The lowest BCUT2D eigenvalue weighted by Crippen LogP contribution is -2.42. The van der Waals surface area contributed by atoms with E-state index in [4.69, 9.17) is 4.42 Å². The Morgan fingerprint density at radius 2 is 1.87 bits per heavy atom. The van der Waals surface area contributed by atoms with Crippen LogP contribution in [0.1, 0.15) is 53.4 Å². The number of piperidine rings is 1. The predicted molar refractivity (Wildman–Crippen MR) is 119 cm³/mol. The van der Waals surface area contributed by atoms with Crippen molar-refractivity contribution in [2.75, 3.05) is 13.1 Å². The molecule has 1 aromatic heterocycles. The quantitative estimate of drug-likeness (QED) is 0.512. The minimum absolute atomic E-state index is 0.0689. The number of fused-ring (bicyclic) bond motifs is 1. The van der Waals surface area contributed by atoms with E-state index in [-0.39, 0.29) is 23.4 Å². The molecule has 0 bridgehead atoms. The highest BCUT2D eigenvalue weighted by atomic mass is 16.4. The van der Waals surface area contributed by atoms with Crippen LogP contribution < -0.4 is 0 Å². The predicted octanol–water partition coefficient (Wildman–Crippen LogP) is 4.29. The molecule has 31 heavy (non-hydrogen) atoms. The smallest absolute Gasteiger partial charge is 0.289 e. The third-order valence-electron chi connectivity index (χ3n) is 5.42. The van der Waals surface area contributed by atoms with E-state index in [1.807, 2.05) is 42.5 Å². The van der Waals surface area contributed by atoms with Gasteiger partial charge in [0.05, 0.1) is 0 Å². The first-order valence-electron chi connectivity index (χ1n) is 10.5. The summed E-state index contributed by atoms with van der Waals surface area (Å²) in [5, 5.41) is 11.8. The number of rotatable bonds is 3. The molecule has 2 aromatic carbocycles. The maximum Gasteiger partial charge on any atom is 0.289 e. The number of carbonyl (C=O) groups is 2. The van der Waals surface area contributed by atoms with E-state index in [1.54, 1.807) is 30.9 Å². The van der Waals surface area contributed by atoms with E-state index in [0.29, 0.717) is 24.4 Å². The summed E-state index contributed by atoms with van der Waals surface area (Å²) in [5.41, 5.74) is -0.458. The molecule has 5 nitrogen and oxygen atoms in total. The third-order valence-corrected chi connectivity index (χ3v) is 5.42. The van der Waals surface area contributed by atoms with E-state index in [1.165, 1.54) is 0 Å². The van der Waals surface area contributed by atoms with Gasteiger partial charge in [0.15, 0.2) is 17.3 Å². The van der Waals surface area contributed by atoms with Crippen LogP contribution >= 0.6 is 0 Å². The number of hydrogen-bond donors (Lipinski definition) is 1. The monoisotopic (exact) mass is 415 g/mol. The zero-order valence-corrected chi connectivity index (χ0v) is 17.7. The minimum Gasteiger partial charge on any atom is -0.443 e. The highest BCUT2D eigenvalue weighted by Crippen LogP contribution is 2.25. The molecular formula is C26H25NO4. The van der Waals surface area contributed by atoms with Crippen molar-refractivity contribution in [1.29, 1.82) is 0 Å². The summed E-state index contributed by atoms with van der Waals surface area (Å²) >= 11 is 0. The lowest BCUT2D eigenvalue weighted by molar-refractivity contribution is 0.0610. The van der Waals surface area contributed by atoms with Crippen molar-refractivity contribution in [3.05, 3.63) is 71.7 Å². The number of hydrogen-bond acceptors (Lipinski definition) is 4. The summed E-state index contributed by atoms with van der Waals surface area (Å²) in [5.74, 6) is 5.51. The number of amides is 1. The maximum atomic E-state index is 13.1. The Labute approximate surface area is 181 Å². The molecule has 5 heteroatoms. The Bertz CT molecular complexity index is 1190. The van der Waals surface area contributed by atoms with Crippen LogP contribution in [0, 0.1) is 17.8 Å². The topological polar surface area (TPSA) is 70.8 Å². The summed E-state index contributed by atoms with van der Waals surface area (Å²) in [4.78, 5) is 27.7. The number of carbonyl (C=O) groups excluding carboxylic acids is 2. The zero-order valence-electron chi connectivity index (χ0n) is 17.7. The molecule has 1 N–H and O–H groups in total. The van der Waals surface area contributed by atoms with Crippen LogP contribution in [0.25, 0.3) is 10.8 Å². The fourth-order valence-corrected chi connectivity index (χ4v) is 3.84. The van der Waals surface area contributed by atoms with Crippen molar-refractivity contribution in [2.45, 2.75) is 32.3 Å². The van der Waals surface area contributed by atoms with Crippen molar-refractivity contribution >= 4 is 22.5 Å². The highest BCUT2D eigenvalue weighted by Gasteiger charge is 2.30. The van der Waals surface area contributed by atoms with E-state index in [2.05, 4.69) is 11.8 Å². The van der Waals surface area contributed by atoms with Crippen molar-refractivity contribution in [1.82, 2.24) is 4.90 Å². The number of ketones is 1. The second-order valence-electron chi connectivity index (χ2n) is 8.49. The highest BCUT2D eigenvalue weighted by molar-refractivity contribution is 6.02. The van der Waals surface area contributed by atoms with Gasteiger partial charge in [0.25, 0.3) is 5.91 Å². The molecule has 1 aliphatic heterocycles. The van der Waals surface area contributed by atoms with Crippen LogP contribution in [-0.2, 0) is 0 Å². The van der Waals surface area contributed by atoms with Crippen molar-refractivity contribution in [3.8, 4) is 11.8 Å². The van der Waals surface area contributed by atoms with Gasteiger partial charge < -0.3 is 14.4 Å². The number of Topliss-reactive ketones (excluding diaryl/α,β-unsaturated/α-hetero) is 1. The second-order valence-corrected chi connectivity index (χ2v) is 8.49. The third kappa shape index (κ3) is 4.87. The summed E-state index contributed by atoms with van der Waals surface area (Å²) in [6.07, 6.45) is 1.53. The second kappa shape index (κ2) is 8.41. The van der Waals surface area contributed by atoms with Gasteiger partial charge >= 0.3 is 0 Å². The van der Waals surface area contributed by atoms with Crippen LogP contribution in [0.4, 0.5) is 0 Å². The average Bonchev–Trinajstić information content (AvgIpc) is 3.25. The maximum absolute atomic E-state index is 13.1. The molecule has 158 valence electrons. The molecule has 1 fully saturated rings. The molecule has 2 heterocycles. The van der Waals surface area contributed by atoms with Crippen LogP contribution in [-0.4, -0.2) is 40.4 Å². The van der Waals surface area contributed by atoms with Crippen molar-refractivity contribution in [2.24, 2.45) is 5.92 Å². The van der Waals surface area contributed by atoms with Gasteiger partial charge in [-0.05, 0) is 61.6 Å². The molecule has 1 aliphatic rings. The molecular weight excluding hydrogens is 390 g/mol. The minimum atomic E-state index is -1.14. The molecule has 0 radical (unpaired) electrons. The van der Waals surface area contributed by atoms with Gasteiger partial charge in [-0.2, -0.15) is 0 Å². The summed E-state index contributed by atoms with van der Waals surface area (Å²) in [7, 11) is 0. The van der Waals surface area contributed by atoms with Gasteiger partial charge in [-0.25, -0.2) is 0 Å². The van der Waals surface area contributed by atoms with E-state index in [0.717, 1.165) is 23.6 Å². The van der Waals surface area contributed by atoms with Crippen molar-refractivity contribution < 1.29 is 19.1 Å². The Morgan fingerprint density at radius 3 is 2.65 bits per heavy atom. The first-order valence-corrected chi connectivity index (χ1v) is 10.5. The standard InChI is InChI=1S/C26H25NO4/c1-26(2,30)14-13-22-11-12-23(31-22)25(29)27-15-5-8-21(17-27)24(28)20-10-9-18-6-3-4-7-19(18)16-20/h3-4,6-7,9-12,16,21,30H,5,8,15,17H2,1-2H3/t21-/m1/s1. The Balaban J connectivity index is 1.47. The van der Waals surface area contributed by atoms with Crippen LogP contribution in [0.5, 0.6) is 0 Å². The SMILES string of the molecule is CC(C)(O)C#Cc1ccc(C(=O)N2CCC[C@@H](C(=O)c3ccc4ccccc4c3)C2)o1. The molecule has 0 aliphatic carbocycles. The number of aliphatic hydroxyl groups is 1. The molecule has 1 atom stereocenters. The first kappa shape index (κ1) is 20.9. The molecule has 3 aromatic rings. The summed E-state index contributed by atoms with van der Waals surface area (Å²) < 4.78 is 5.56. The van der Waals surface area contributed by atoms with Gasteiger partial charge in [0.2, 0.25) is 0 Å². The number of furan rings is 1. The average molecular weight is 415 g/mol. The van der Waals surface area contributed by atoms with Gasteiger partial charge in [-0.3, -0.25) is 9.59 Å². The fourth-order valence-electron chi connectivity index (χ4n) is 3.84. The molecule has 0 spiro atoms. The van der Waals surface area contributed by atoms with Crippen LogP contribution in [0.3, 0.4) is 0 Å². The Kier molecular flexibility index (Phi) is 5.67. The van der Waals surface area contributed by atoms with Crippen LogP contribution in [0.2, 0.25) is 0 Å². The lowest BCUT2D eigenvalue weighted by atomic mass is 9.89. The van der Waals surface area contributed by atoms with E-state index < -0.39 is 5.60 Å². The molecule has 0 saturated carbocycles. The first-order chi connectivity index (χ1) is 14.8. The molecule has 1 amide bonds. The molecule has 4 rings (SSSR count). The van der Waals surface area contributed by atoms with Gasteiger partial charge in [0.1, 0.15) is 5.60 Å². The van der Waals surface area contributed by atoms with Gasteiger partial charge in [-0.1, -0.05) is 42.3 Å². The summed E-state index contributed by atoms with van der Waals surface area (Å²) in [6.45, 7) is 4.12. The lowest BCUT2D eigenvalue weighted by Gasteiger charge is -2.31. The Morgan fingerprint density at radius 1 is 1.10 bits per heavy atom. The molecule has 0 unspecified atom stereocenters. The summed E-state index contributed by atoms with van der Waals surface area (Å²) in [6, 6.07) is 16.9. The molecule has 1 saturated heterocycles. The number of likely N-dealkylation sites (tertiary alicyclic amines) is 1. The van der Waals surface area contributed by atoms with E-state index in [9.17, 15) is 14.7 Å². The van der Waals surface area contributed by atoms with Gasteiger partial charge in [0, 0.05) is 24.6 Å². The Hall–Kier alpha value is -3.36. The van der Waals surface area contributed by atoms with Gasteiger partial charge in [-0.15, -0.1) is 0 Å².